The van der Waals surface area contributed by atoms with Crippen molar-refractivity contribution in [1.82, 2.24) is 9.78 Å². The van der Waals surface area contributed by atoms with E-state index in [0.717, 1.165) is 5.69 Å². The van der Waals surface area contributed by atoms with E-state index in [9.17, 15) is 9.59 Å². The Labute approximate surface area is 178 Å². The zero-order chi connectivity index (χ0) is 21.1. The minimum absolute atomic E-state index is 0.113. The smallest absolute Gasteiger partial charge is 0.260 e. The van der Waals surface area contributed by atoms with Crippen LogP contribution in [0.1, 0.15) is 32.0 Å². The summed E-state index contributed by atoms with van der Waals surface area (Å²) >= 11 is 6.47. The van der Waals surface area contributed by atoms with Crippen molar-refractivity contribution in [2.24, 2.45) is 0 Å². The molecule has 148 valence electrons. The number of hydrogen-bond donors (Lipinski definition) is 1. The van der Waals surface area contributed by atoms with Crippen molar-refractivity contribution in [2.75, 3.05) is 5.32 Å². The van der Waals surface area contributed by atoms with Gasteiger partial charge in [0.05, 0.1) is 11.4 Å². The molecule has 0 atom stereocenters. The van der Waals surface area contributed by atoms with E-state index < -0.39 is 0 Å². The molecule has 0 spiro atoms. The molecular formula is C24H18ClN3O2. The van der Waals surface area contributed by atoms with Gasteiger partial charge >= 0.3 is 0 Å². The molecule has 0 bridgehead atoms. The molecule has 5 nitrogen and oxygen atoms in total. The summed E-state index contributed by atoms with van der Waals surface area (Å²) < 4.78 is 1.53. The van der Waals surface area contributed by atoms with Gasteiger partial charge in [0, 0.05) is 16.8 Å². The van der Waals surface area contributed by atoms with E-state index in [1.807, 2.05) is 48.5 Å². The number of benzene rings is 3. The summed E-state index contributed by atoms with van der Waals surface area (Å²) in [6, 6.07) is 25.2. The van der Waals surface area contributed by atoms with Gasteiger partial charge in [-0.25, -0.2) is 4.68 Å². The van der Waals surface area contributed by atoms with E-state index in [1.54, 1.807) is 43.3 Å². The molecule has 0 saturated heterocycles. The number of aryl methyl sites for hydroxylation is 1. The van der Waals surface area contributed by atoms with Crippen LogP contribution in [0.4, 0.5) is 5.69 Å². The van der Waals surface area contributed by atoms with Crippen molar-refractivity contribution >= 4 is 29.0 Å². The number of ketones is 1. The Morgan fingerprint density at radius 3 is 2.20 bits per heavy atom. The topological polar surface area (TPSA) is 64.0 Å². The predicted octanol–water partition coefficient (Wildman–Crippen LogP) is 5.32. The monoisotopic (exact) mass is 415 g/mol. The van der Waals surface area contributed by atoms with Crippen molar-refractivity contribution in [3.8, 4) is 5.69 Å². The molecule has 0 saturated carbocycles. The molecule has 0 fully saturated rings. The number of nitrogens with zero attached hydrogens (tertiary/aromatic N) is 2. The van der Waals surface area contributed by atoms with Crippen molar-refractivity contribution in [3.63, 3.8) is 0 Å². The number of aromatic nitrogens is 2. The van der Waals surface area contributed by atoms with E-state index in [0.29, 0.717) is 28.1 Å². The Bertz CT molecular complexity index is 1220. The van der Waals surface area contributed by atoms with E-state index in [2.05, 4.69) is 10.4 Å². The maximum Gasteiger partial charge on any atom is 0.260 e. The van der Waals surface area contributed by atoms with Crippen LogP contribution >= 0.6 is 11.6 Å². The molecule has 0 aliphatic rings. The average Bonchev–Trinajstić information content (AvgIpc) is 3.08. The number of carbonyl (C=O) groups excluding carboxylic acids is 2. The second-order valence-electron chi connectivity index (χ2n) is 6.73. The zero-order valence-electron chi connectivity index (χ0n) is 16.2. The summed E-state index contributed by atoms with van der Waals surface area (Å²) in [6.45, 7) is 1.73. The lowest BCUT2D eigenvalue weighted by Crippen LogP contribution is -2.13. The minimum atomic E-state index is -0.385. The molecule has 3 aromatic carbocycles. The highest BCUT2D eigenvalue weighted by atomic mass is 35.5. The second kappa shape index (κ2) is 8.35. The van der Waals surface area contributed by atoms with Gasteiger partial charge in [0.2, 0.25) is 0 Å². The lowest BCUT2D eigenvalue weighted by molar-refractivity contribution is 0.102. The van der Waals surface area contributed by atoms with Gasteiger partial charge < -0.3 is 5.32 Å². The van der Waals surface area contributed by atoms with Gasteiger partial charge in [-0.05, 0) is 31.2 Å². The molecule has 4 rings (SSSR count). The van der Waals surface area contributed by atoms with Crippen molar-refractivity contribution in [3.05, 3.63) is 112 Å². The normalized spacial score (nSPS) is 10.6. The third-order valence-electron chi connectivity index (χ3n) is 4.65. The lowest BCUT2D eigenvalue weighted by atomic mass is 10.0. The van der Waals surface area contributed by atoms with Gasteiger partial charge in [0.15, 0.2) is 5.78 Å². The molecule has 1 aromatic heterocycles. The van der Waals surface area contributed by atoms with Gasteiger partial charge in [-0.15, -0.1) is 0 Å². The van der Waals surface area contributed by atoms with E-state index in [-0.39, 0.29) is 16.8 Å². The number of carbonyl (C=O) groups is 2. The molecule has 1 heterocycles. The maximum absolute atomic E-state index is 12.9. The van der Waals surface area contributed by atoms with Crippen molar-refractivity contribution in [2.45, 2.75) is 6.92 Å². The molecule has 0 aliphatic heterocycles. The first-order valence-electron chi connectivity index (χ1n) is 9.36. The van der Waals surface area contributed by atoms with Crippen LogP contribution in [-0.2, 0) is 0 Å². The number of nitrogens with one attached hydrogen (secondary N) is 1. The SMILES string of the molecule is Cc1nn(-c2ccccc2)c(Cl)c1C(=O)Nc1cccc(C(=O)c2ccccc2)c1. The number of hydrogen-bond acceptors (Lipinski definition) is 3. The fraction of sp³-hybridized carbons (Fsp3) is 0.0417. The van der Waals surface area contributed by atoms with Crippen LogP contribution in [-0.4, -0.2) is 21.5 Å². The van der Waals surface area contributed by atoms with Crippen molar-refractivity contribution < 1.29 is 9.59 Å². The molecule has 1 amide bonds. The maximum atomic E-state index is 12.9. The highest BCUT2D eigenvalue weighted by molar-refractivity contribution is 6.34. The highest BCUT2D eigenvalue weighted by Gasteiger charge is 2.21. The van der Waals surface area contributed by atoms with Crippen LogP contribution in [0.3, 0.4) is 0 Å². The average molecular weight is 416 g/mol. The Hall–Kier alpha value is -3.70. The van der Waals surface area contributed by atoms with Crippen LogP contribution in [0, 0.1) is 6.92 Å². The van der Waals surface area contributed by atoms with E-state index in [1.165, 1.54) is 4.68 Å². The third kappa shape index (κ3) is 3.88. The molecule has 0 aliphatic carbocycles. The van der Waals surface area contributed by atoms with Crippen LogP contribution in [0.25, 0.3) is 5.69 Å². The summed E-state index contributed by atoms with van der Waals surface area (Å²) in [7, 11) is 0. The Balaban J connectivity index is 1.60. The number of para-hydroxylation sites is 1. The Kier molecular flexibility index (Phi) is 5.46. The van der Waals surface area contributed by atoms with Gasteiger partial charge in [0.1, 0.15) is 10.7 Å². The van der Waals surface area contributed by atoms with Gasteiger partial charge in [-0.3, -0.25) is 9.59 Å². The molecule has 0 radical (unpaired) electrons. The van der Waals surface area contributed by atoms with E-state index in [4.69, 9.17) is 11.6 Å². The summed E-state index contributed by atoms with van der Waals surface area (Å²) in [5.41, 5.74) is 3.15. The Morgan fingerprint density at radius 2 is 1.50 bits per heavy atom. The van der Waals surface area contributed by atoms with Crippen LogP contribution < -0.4 is 5.32 Å². The molecule has 0 unspecified atom stereocenters. The molecular weight excluding hydrogens is 398 g/mol. The predicted molar refractivity (Wildman–Crippen MR) is 118 cm³/mol. The molecule has 6 heteroatoms. The summed E-state index contributed by atoms with van der Waals surface area (Å²) in [5.74, 6) is -0.498. The van der Waals surface area contributed by atoms with Crippen molar-refractivity contribution in [1.29, 1.82) is 0 Å². The van der Waals surface area contributed by atoms with Gasteiger partial charge in [0.25, 0.3) is 5.91 Å². The summed E-state index contributed by atoms with van der Waals surface area (Å²) in [6.07, 6.45) is 0. The third-order valence-corrected chi connectivity index (χ3v) is 5.00. The number of halogens is 1. The first kappa shape index (κ1) is 19.6. The number of rotatable bonds is 5. The first-order chi connectivity index (χ1) is 14.5. The highest BCUT2D eigenvalue weighted by Crippen LogP contribution is 2.25. The molecule has 30 heavy (non-hydrogen) atoms. The number of anilines is 1. The lowest BCUT2D eigenvalue weighted by Gasteiger charge is -2.08. The fourth-order valence-electron chi connectivity index (χ4n) is 3.19. The Morgan fingerprint density at radius 1 is 0.867 bits per heavy atom. The number of amides is 1. The summed E-state index contributed by atoms with van der Waals surface area (Å²) in [5, 5.41) is 7.45. The van der Waals surface area contributed by atoms with Crippen LogP contribution in [0.15, 0.2) is 84.9 Å². The quantitative estimate of drug-likeness (QED) is 0.449. The van der Waals surface area contributed by atoms with Gasteiger partial charge in [-0.1, -0.05) is 72.3 Å². The van der Waals surface area contributed by atoms with Crippen LogP contribution in [0.5, 0.6) is 0 Å². The van der Waals surface area contributed by atoms with E-state index >= 15 is 0 Å². The standard InChI is InChI=1S/C24H18ClN3O2/c1-16-21(23(25)28(27-16)20-13-6-3-7-14-20)24(30)26-19-12-8-11-18(15-19)22(29)17-9-4-2-5-10-17/h2-15H,1H3,(H,26,30). The fourth-order valence-corrected chi connectivity index (χ4v) is 3.54. The largest absolute Gasteiger partial charge is 0.322 e. The minimum Gasteiger partial charge on any atom is -0.322 e. The molecule has 4 aromatic rings. The first-order valence-corrected chi connectivity index (χ1v) is 9.74. The zero-order valence-corrected chi connectivity index (χ0v) is 16.9. The van der Waals surface area contributed by atoms with Crippen LogP contribution in [0.2, 0.25) is 5.15 Å². The second-order valence-corrected chi connectivity index (χ2v) is 7.09. The molecule has 1 N–H and O–H groups in total. The summed E-state index contributed by atoms with van der Waals surface area (Å²) in [4.78, 5) is 25.6. The van der Waals surface area contributed by atoms with Gasteiger partial charge in [-0.2, -0.15) is 5.10 Å².